The lowest BCUT2D eigenvalue weighted by Gasteiger charge is -2.23. The molecule has 0 bridgehead atoms. The van der Waals surface area contributed by atoms with Gasteiger partial charge in [0.1, 0.15) is 0 Å². The molecule has 4 heteroatoms. The van der Waals surface area contributed by atoms with E-state index in [0.717, 1.165) is 18.4 Å². The van der Waals surface area contributed by atoms with E-state index in [0.29, 0.717) is 11.2 Å². The topological polar surface area (TPSA) is 41.1 Å². The summed E-state index contributed by atoms with van der Waals surface area (Å²) in [6.07, 6.45) is 9.35. The van der Waals surface area contributed by atoms with E-state index < -0.39 is 0 Å². The molecule has 1 aromatic rings. The zero-order valence-electron chi connectivity index (χ0n) is 12.4. The molecule has 0 heterocycles. The van der Waals surface area contributed by atoms with Crippen molar-refractivity contribution < 1.29 is 4.79 Å². The van der Waals surface area contributed by atoms with Crippen LogP contribution in [0.25, 0.3) is 6.08 Å². The fraction of sp³-hybridized carbons (Fsp3) is 0.412. The van der Waals surface area contributed by atoms with E-state index in [1.165, 1.54) is 30.9 Å². The first-order valence-electron chi connectivity index (χ1n) is 7.50. The minimum absolute atomic E-state index is 0.191. The standard InChI is InChI=1S/C17H22N2OS/c1-13-7-9-14(10-8-13)11-12-16(20)19-17(21)18-15-5-3-2-4-6-15/h7-12,15H,2-6H2,1H3,(H2,18,19,20,21). The van der Waals surface area contributed by atoms with Crippen LogP contribution in [0.4, 0.5) is 0 Å². The van der Waals surface area contributed by atoms with Crippen molar-refractivity contribution in [1.29, 1.82) is 0 Å². The van der Waals surface area contributed by atoms with Gasteiger partial charge in [0.15, 0.2) is 5.11 Å². The number of hydrogen-bond donors (Lipinski definition) is 2. The largest absolute Gasteiger partial charge is 0.360 e. The molecule has 0 aromatic heterocycles. The highest BCUT2D eigenvalue weighted by molar-refractivity contribution is 7.80. The summed E-state index contributed by atoms with van der Waals surface area (Å²) >= 11 is 5.18. The summed E-state index contributed by atoms with van der Waals surface area (Å²) < 4.78 is 0. The van der Waals surface area contributed by atoms with Crippen LogP contribution in [-0.2, 0) is 4.79 Å². The Labute approximate surface area is 131 Å². The van der Waals surface area contributed by atoms with Crippen molar-refractivity contribution >= 4 is 29.3 Å². The van der Waals surface area contributed by atoms with Gasteiger partial charge >= 0.3 is 0 Å². The van der Waals surface area contributed by atoms with Crippen LogP contribution >= 0.6 is 12.2 Å². The third-order valence-electron chi connectivity index (χ3n) is 3.68. The molecule has 21 heavy (non-hydrogen) atoms. The number of thiocarbonyl (C=S) groups is 1. The number of carbonyl (C=O) groups excluding carboxylic acids is 1. The first-order chi connectivity index (χ1) is 10.1. The molecule has 1 aromatic carbocycles. The average molecular weight is 302 g/mol. The van der Waals surface area contributed by atoms with Gasteiger partial charge in [-0.2, -0.15) is 0 Å². The second kappa shape index (κ2) is 7.93. The highest BCUT2D eigenvalue weighted by atomic mass is 32.1. The van der Waals surface area contributed by atoms with Gasteiger partial charge in [0, 0.05) is 12.1 Å². The van der Waals surface area contributed by atoms with Gasteiger partial charge in [-0.25, -0.2) is 0 Å². The van der Waals surface area contributed by atoms with Crippen LogP contribution < -0.4 is 10.6 Å². The van der Waals surface area contributed by atoms with Crippen molar-refractivity contribution in [2.45, 2.75) is 45.1 Å². The van der Waals surface area contributed by atoms with E-state index >= 15 is 0 Å². The molecule has 0 spiro atoms. The maximum Gasteiger partial charge on any atom is 0.250 e. The predicted molar refractivity (Wildman–Crippen MR) is 91.0 cm³/mol. The quantitative estimate of drug-likeness (QED) is 0.665. The molecule has 2 N–H and O–H groups in total. The summed E-state index contributed by atoms with van der Waals surface area (Å²) in [5.41, 5.74) is 2.20. The summed E-state index contributed by atoms with van der Waals surface area (Å²) in [5.74, 6) is -0.191. The van der Waals surface area contributed by atoms with Crippen LogP contribution in [0.2, 0.25) is 0 Å². The van der Waals surface area contributed by atoms with Gasteiger partial charge in [0.25, 0.3) is 0 Å². The van der Waals surface area contributed by atoms with E-state index in [1.807, 2.05) is 31.2 Å². The second-order valence-electron chi connectivity index (χ2n) is 5.54. The Balaban J connectivity index is 1.77. The van der Waals surface area contributed by atoms with Crippen LogP contribution in [0.1, 0.15) is 43.2 Å². The fourth-order valence-corrected chi connectivity index (χ4v) is 2.74. The Morgan fingerprint density at radius 3 is 2.52 bits per heavy atom. The van der Waals surface area contributed by atoms with Crippen LogP contribution in [0.3, 0.4) is 0 Å². The van der Waals surface area contributed by atoms with Gasteiger partial charge in [-0.1, -0.05) is 49.1 Å². The molecule has 1 saturated carbocycles. The molecule has 0 atom stereocenters. The normalized spacial score (nSPS) is 15.9. The first-order valence-corrected chi connectivity index (χ1v) is 7.90. The van der Waals surface area contributed by atoms with Crippen molar-refractivity contribution in [1.82, 2.24) is 10.6 Å². The van der Waals surface area contributed by atoms with Crippen molar-refractivity contribution in [2.24, 2.45) is 0 Å². The van der Waals surface area contributed by atoms with Crippen LogP contribution in [0.15, 0.2) is 30.3 Å². The number of benzene rings is 1. The van der Waals surface area contributed by atoms with Crippen LogP contribution in [0.5, 0.6) is 0 Å². The molecule has 0 radical (unpaired) electrons. The SMILES string of the molecule is Cc1ccc(C=CC(=O)NC(=S)NC2CCCCC2)cc1. The number of amides is 1. The molecule has 0 aliphatic heterocycles. The van der Waals surface area contributed by atoms with Gasteiger partial charge < -0.3 is 5.32 Å². The van der Waals surface area contributed by atoms with E-state index in [2.05, 4.69) is 10.6 Å². The molecule has 112 valence electrons. The lowest BCUT2D eigenvalue weighted by Crippen LogP contribution is -2.44. The Kier molecular flexibility index (Phi) is 5.93. The highest BCUT2D eigenvalue weighted by Gasteiger charge is 2.14. The Morgan fingerprint density at radius 2 is 1.86 bits per heavy atom. The Bertz CT molecular complexity index is 516. The van der Waals surface area contributed by atoms with E-state index in [1.54, 1.807) is 6.08 Å². The van der Waals surface area contributed by atoms with Crippen molar-refractivity contribution in [2.75, 3.05) is 0 Å². The monoisotopic (exact) mass is 302 g/mol. The van der Waals surface area contributed by atoms with Crippen molar-refractivity contribution in [3.05, 3.63) is 41.5 Å². The number of hydrogen-bond acceptors (Lipinski definition) is 2. The van der Waals surface area contributed by atoms with Crippen molar-refractivity contribution in [3.63, 3.8) is 0 Å². The molecule has 1 amide bonds. The summed E-state index contributed by atoms with van der Waals surface area (Å²) in [4.78, 5) is 11.8. The van der Waals surface area contributed by atoms with E-state index in [9.17, 15) is 4.79 Å². The second-order valence-corrected chi connectivity index (χ2v) is 5.95. The van der Waals surface area contributed by atoms with Crippen LogP contribution in [-0.4, -0.2) is 17.1 Å². The van der Waals surface area contributed by atoms with Gasteiger partial charge in [0.05, 0.1) is 0 Å². The molecule has 0 saturated heterocycles. The Hall–Kier alpha value is -1.68. The molecular formula is C17H22N2OS. The number of aryl methyl sites for hydroxylation is 1. The fourth-order valence-electron chi connectivity index (χ4n) is 2.47. The molecule has 1 aliphatic carbocycles. The molecule has 1 fully saturated rings. The third kappa shape index (κ3) is 5.68. The molecule has 3 nitrogen and oxygen atoms in total. The van der Waals surface area contributed by atoms with Gasteiger partial charge in [-0.15, -0.1) is 0 Å². The number of nitrogens with one attached hydrogen (secondary N) is 2. The lowest BCUT2D eigenvalue weighted by molar-refractivity contribution is -0.115. The molecule has 1 aliphatic rings. The van der Waals surface area contributed by atoms with E-state index in [4.69, 9.17) is 12.2 Å². The average Bonchev–Trinajstić information content (AvgIpc) is 2.47. The van der Waals surface area contributed by atoms with Gasteiger partial charge in [0.2, 0.25) is 5.91 Å². The molecular weight excluding hydrogens is 280 g/mol. The maximum absolute atomic E-state index is 11.8. The smallest absolute Gasteiger partial charge is 0.250 e. The third-order valence-corrected chi connectivity index (χ3v) is 3.90. The lowest BCUT2D eigenvalue weighted by atomic mass is 9.96. The molecule has 2 rings (SSSR count). The zero-order chi connectivity index (χ0) is 15.1. The van der Waals surface area contributed by atoms with Gasteiger partial charge in [-0.05, 0) is 43.6 Å². The van der Waals surface area contributed by atoms with E-state index in [-0.39, 0.29) is 5.91 Å². The zero-order valence-corrected chi connectivity index (χ0v) is 13.2. The minimum Gasteiger partial charge on any atom is -0.360 e. The molecule has 0 unspecified atom stereocenters. The number of carbonyl (C=O) groups is 1. The van der Waals surface area contributed by atoms with Crippen LogP contribution in [0, 0.1) is 6.92 Å². The number of rotatable bonds is 3. The van der Waals surface area contributed by atoms with Gasteiger partial charge in [-0.3, -0.25) is 10.1 Å². The summed E-state index contributed by atoms with van der Waals surface area (Å²) in [5, 5.41) is 6.36. The predicted octanol–water partition coefficient (Wildman–Crippen LogP) is 3.33. The summed E-state index contributed by atoms with van der Waals surface area (Å²) in [6, 6.07) is 8.42. The summed E-state index contributed by atoms with van der Waals surface area (Å²) in [7, 11) is 0. The Morgan fingerprint density at radius 1 is 1.19 bits per heavy atom. The van der Waals surface area contributed by atoms with Crippen molar-refractivity contribution in [3.8, 4) is 0 Å². The maximum atomic E-state index is 11.8. The minimum atomic E-state index is -0.191. The highest BCUT2D eigenvalue weighted by Crippen LogP contribution is 2.17. The summed E-state index contributed by atoms with van der Waals surface area (Å²) in [6.45, 7) is 2.04. The first kappa shape index (κ1) is 15.7.